The van der Waals surface area contributed by atoms with Gasteiger partial charge in [-0.05, 0) is 18.6 Å². The first-order valence-electron chi connectivity index (χ1n) is 5.10. The standard InChI is InChI=1S/C12H14FO2/c1-2-7-12(14-8-9-15-12)10-3-5-11(13)6-4-10/h3-6H,1-2,7-9H2. The first-order chi connectivity index (χ1) is 7.27. The zero-order chi connectivity index (χ0) is 10.7. The van der Waals surface area contributed by atoms with Gasteiger partial charge in [0.25, 0.3) is 0 Å². The predicted octanol–water partition coefficient (Wildman–Crippen LogP) is 2.64. The molecule has 0 unspecified atom stereocenters. The van der Waals surface area contributed by atoms with Crippen LogP contribution < -0.4 is 0 Å². The van der Waals surface area contributed by atoms with Gasteiger partial charge in [0.05, 0.1) is 13.2 Å². The van der Waals surface area contributed by atoms with Gasteiger partial charge in [0.15, 0.2) is 5.79 Å². The lowest BCUT2D eigenvalue weighted by atomic mass is 10.0. The van der Waals surface area contributed by atoms with Crippen LogP contribution in [0.2, 0.25) is 0 Å². The Hall–Kier alpha value is -0.930. The van der Waals surface area contributed by atoms with Crippen molar-refractivity contribution in [3.8, 4) is 0 Å². The molecule has 0 aliphatic carbocycles. The van der Waals surface area contributed by atoms with E-state index in [1.807, 2.05) is 0 Å². The highest BCUT2D eigenvalue weighted by Gasteiger charge is 2.37. The summed E-state index contributed by atoms with van der Waals surface area (Å²) in [5.41, 5.74) is 0.866. The molecule has 3 heteroatoms. The average Bonchev–Trinajstić information content (AvgIpc) is 2.69. The summed E-state index contributed by atoms with van der Waals surface area (Å²) in [6.45, 7) is 4.96. The minimum absolute atomic E-state index is 0.249. The highest BCUT2D eigenvalue weighted by Crippen LogP contribution is 2.35. The molecular formula is C12H14FO2. The van der Waals surface area contributed by atoms with Crippen molar-refractivity contribution in [1.29, 1.82) is 0 Å². The Balaban J connectivity index is 2.28. The molecule has 1 heterocycles. The first-order valence-corrected chi connectivity index (χ1v) is 5.10. The van der Waals surface area contributed by atoms with E-state index in [9.17, 15) is 4.39 Å². The normalized spacial score (nSPS) is 19.3. The van der Waals surface area contributed by atoms with E-state index in [2.05, 4.69) is 6.92 Å². The molecule has 2 rings (SSSR count). The minimum atomic E-state index is -0.699. The summed E-state index contributed by atoms with van der Waals surface area (Å²) >= 11 is 0. The lowest BCUT2D eigenvalue weighted by Gasteiger charge is -2.27. The van der Waals surface area contributed by atoms with Crippen LogP contribution in [0, 0.1) is 12.7 Å². The second-order valence-electron chi connectivity index (χ2n) is 3.56. The van der Waals surface area contributed by atoms with Crippen LogP contribution in [0.3, 0.4) is 0 Å². The van der Waals surface area contributed by atoms with E-state index in [1.54, 1.807) is 12.1 Å². The predicted molar refractivity (Wildman–Crippen MR) is 54.6 cm³/mol. The van der Waals surface area contributed by atoms with E-state index < -0.39 is 5.79 Å². The fourth-order valence-corrected chi connectivity index (χ4v) is 1.85. The fourth-order valence-electron chi connectivity index (χ4n) is 1.85. The Morgan fingerprint density at radius 2 is 1.80 bits per heavy atom. The van der Waals surface area contributed by atoms with Crippen molar-refractivity contribution in [3.05, 3.63) is 42.6 Å². The van der Waals surface area contributed by atoms with Crippen LogP contribution in [0.4, 0.5) is 4.39 Å². The van der Waals surface area contributed by atoms with Crippen LogP contribution in [-0.2, 0) is 15.3 Å². The van der Waals surface area contributed by atoms with Gasteiger partial charge in [0.1, 0.15) is 5.82 Å². The van der Waals surface area contributed by atoms with Gasteiger partial charge < -0.3 is 9.47 Å². The Labute approximate surface area is 89.0 Å². The van der Waals surface area contributed by atoms with Gasteiger partial charge in [-0.15, -0.1) is 0 Å². The first kappa shape index (κ1) is 10.6. The van der Waals surface area contributed by atoms with Crippen molar-refractivity contribution in [3.63, 3.8) is 0 Å². The molecule has 0 saturated carbocycles. The molecule has 1 aromatic rings. The van der Waals surface area contributed by atoms with Gasteiger partial charge in [-0.1, -0.05) is 19.1 Å². The molecule has 0 aromatic heterocycles. The van der Waals surface area contributed by atoms with Crippen LogP contribution >= 0.6 is 0 Å². The zero-order valence-electron chi connectivity index (χ0n) is 8.54. The Kier molecular flexibility index (Phi) is 3.03. The summed E-state index contributed by atoms with van der Waals surface area (Å²) in [6.07, 6.45) is 1.41. The highest BCUT2D eigenvalue weighted by molar-refractivity contribution is 5.21. The number of hydrogen-bond acceptors (Lipinski definition) is 2. The van der Waals surface area contributed by atoms with Crippen molar-refractivity contribution in [1.82, 2.24) is 0 Å². The van der Waals surface area contributed by atoms with Crippen LogP contribution in [0.25, 0.3) is 0 Å². The third kappa shape index (κ3) is 2.03. The average molecular weight is 209 g/mol. The molecule has 0 spiro atoms. The molecule has 0 amide bonds. The molecule has 2 nitrogen and oxygen atoms in total. The van der Waals surface area contributed by atoms with Gasteiger partial charge in [-0.3, -0.25) is 0 Å². The van der Waals surface area contributed by atoms with Crippen molar-refractivity contribution >= 4 is 0 Å². The monoisotopic (exact) mass is 209 g/mol. The maximum atomic E-state index is 12.8. The Morgan fingerprint density at radius 1 is 1.20 bits per heavy atom. The second-order valence-corrected chi connectivity index (χ2v) is 3.56. The van der Waals surface area contributed by atoms with E-state index in [4.69, 9.17) is 9.47 Å². The third-order valence-corrected chi connectivity index (χ3v) is 2.54. The van der Waals surface area contributed by atoms with Gasteiger partial charge in [-0.25, -0.2) is 4.39 Å². The van der Waals surface area contributed by atoms with Crippen molar-refractivity contribution < 1.29 is 13.9 Å². The second kappa shape index (κ2) is 4.29. The van der Waals surface area contributed by atoms with Crippen LogP contribution in [0.1, 0.15) is 18.4 Å². The molecule has 1 radical (unpaired) electrons. The molecule has 1 aliphatic rings. The van der Waals surface area contributed by atoms with E-state index in [1.165, 1.54) is 12.1 Å². The summed E-state index contributed by atoms with van der Waals surface area (Å²) in [5.74, 6) is -0.948. The van der Waals surface area contributed by atoms with Crippen molar-refractivity contribution in [2.75, 3.05) is 13.2 Å². The third-order valence-electron chi connectivity index (χ3n) is 2.54. The van der Waals surface area contributed by atoms with E-state index in [-0.39, 0.29) is 5.82 Å². The molecular weight excluding hydrogens is 195 g/mol. The molecule has 1 aromatic carbocycles. The maximum absolute atomic E-state index is 12.8. The Morgan fingerprint density at radius 3 is 2.33 bits per heavy atom. The number of halogens is 1. The van der Waals surface area contributed by atoms with E-state index in [0.717, 1.165) is 12.0 Å². The van der Waals surface area contributed by atoms with Gasteiger partial charge in [0.2, 0.25) is 0 Å². The minimum Gasteiger partial charge on any atom is -0.343 e. The smallest absolute Gasteiger partial charge is 0.194 e. The van der Waals surface area contributed by atoms with E-state index >= 15 is 0 Å². The topological polar surface area (TPSA) is 18.5 Å². The maximum Gasteiger partial charge on any atom is 0.194 e. The van der Waals surface area contributed by atoms with Gasteiger partial charge >= 0.3 is 0 Å². The molecule has 0 N–H and O–H groups in total. The van der Waals surface area contributed by atoms with Crippen LogP contribution in [-0.4, -0.2) is 13.2 Å². The number of hydrogen-bond donors (Lipinski definition) is 0. The fraction of sp³-hybridized carbons (Fsp3) is 0.417. The molecule has 1 fully saturated rings. The Bertz CT molecular complexity index is 315. The van der Waals surface area contributed by atoms with Crippen molar-refractivity contribution in [2.45, 2.75) is 18.6 Å². The number of rotatable bonds is 3. The summed E-state index contributed by atoms with van der Waals surface area (Å²) in [4.78, 5) is 0. The molecule has 15 heavy (non-hydrogen) atoms. The summed E-state index contributed by atoms with van der Waals surface area (Å²) in [7, 11) is 0. The van der Waals surface area contributed by atoms with Gasteiger partial charge in [0, 0.05) is 12.0 Å². The molecule has 0 bridgehead atoms. The molecule has 0 atom stereocenters. The SMILES string of the molecule is [CH2]CCC1(c2ccc(F)cc2)OCCO1. The lowest BCUT2D eigenvalue weighted by Crippen LogP contribution is -2.26. The lowest BCUT2D eigenvalue weighted by molar-refractivity contribution is -0.170. The molecule has 81 valence electrons. The van der Waals surface area contributed by atoms with Crippen LogP contribution in [0.15, 0.2) is 24.3 Å². The van der Waals surface area contributed by atoms with E-state index in [0.29, 0.717) is 19.6 Å². The highest BCUT2D eigenvalue weighted by atomic mass is 19.1. The quantitative estimate of drug-likeness (QED) is 0.761. The summed E-state index contributed by atoms with van der Waals surface area (Å²) in [6, 6.07) is 6.25. The van der Waals surface area contributed by atoms with Gasteiger partial charge in [-0.2, -0.15) is 0 Å². The molecule has 1 aliphatic heterocycles. The summed E-state index contributed by atoms with van der Waals surface area (Å²) in [5, 5.41) is 0. The zero-order valence-corrected chi connectivity index (χ0v) is 8.54. The number of benzene rings is 1. The van der Waals surface area contributed by atoms with Crippen LogP contribution in [0.5, 0.6) is 0 Å². The summed E-state index contributed by atoms with van der Waals surface area (Å²) < 4.78 is 24.0. The van der Waals surface area contributed by atoms with Crippen molar-refractivity contribution in [2.24, 2.45) is 0 Å². The number of ether oxygens (including phenoxy) is 2. The molecule has 1 saturated heterocycles. The largest absolute Gasteiger partial charge is 0.343 e.